The van der Waals surface area contributed by atoms with Crippen LogP contribution in [0.3, 0.4) is 0 Å². The molecule has 1 unspecified atom stereocenters. The maximum absolute atomic E-state index is 9.86. The highest BCUT2D eigenvalue weighted by molar-refractivity contribution is 5.43. The highest BCUT2D eigenvalue weighted by atomic mass is 16.3. The van der Waals surface area contributed by atoms with E-state index in [2.05, 4.69) is 30.4 Å². The van der Waals surface area contributed by atoms with Gasteiger partial charge >= 0.3 is 0 Å². The number of fused-ring (bicyclic) bond motifs is 1. The van der Waals surface area contributed by atoms with Crippen molar-refractivity contribution < 1.29 is 5.11 Å². The second kappa shape index (κ2) is 7.39. The number of aliphatic hydroxyl groups excluding tert-OH is 1. The lowest BCUT2D eigenvalue weighted by Crippen LogP contribution is -2.38. The van der Waals surface area contributed by atoms with E-state index in [0.717, 1.165) is 43.7 Å². The number of rotatable bonds is 4. The van der Waals surface area contributed by atoms with Gasteiger partial charge in [-0.1, -0.05) is 6.42 Å². The molecule has 0 aromatic carbocycles. The number of aryl methyl sites for hydroxylation is 1. The van der Waals surface area contributed by atoms with Gasteiger partial charge < -0.3 is 15.3 Å². The van der Waals surface area contributed by atoms with Crippen molar-refractivity contribution in [3.05, 3.63) is 29.2 Å². The fourth-order valence-electron chi connectivity index (χ4n) is 3.81. The van der Waals surface area contributed by atoms with Crippen LogP contribution >= 0.6 is 0 Å². The van der Waals surface area contributed by atoms with Gasteiger partial charge in [0.15, 0.2) is 0 Å². The van der Waals surface area contributed by atoms with Gasteiger partial charge in [-0.15, -0.1) is 0 Å². The zero-order valence-electron chi connectivity index (χ0n) is 14.5. The first-order valence-corrected chi connectivity index (χ1v) is 9.34. The molecule has 2 aliphatic rings. The third-order valence-corrected chi connectivity index (χ3v) is 5.17. The van der Waals surface area contributed by atoms with Gasteiger partial charge in [0.2, 0.25) is 5.95 Å². The number of hydrogen-bond acceptors (Lipinski definition) is 6. The molecule has 1 atom stereocenters. The van der Waals surface area contributed by atoms with Gasteiger partial charge in [-0.25, -0.2) is 4.98 Å². The molecule has 1 saturated heterocycles. The SMILES string of the molecule is OC1CCCN(c2ccnc(NCc3n[nH]c4c3CCCCC4)n2)C1. The van der Waals surface area contributed by atoms with Crippen LogP contribution in [-0.4, -0.2) is 44.5 Å². The minimum atomic E-state index is -0.264. The minimum absolute atomic E-state index is 0.264. The van der Waals surface area contributed by atoms with Crippen molar-refractivity contribution in [2.24, 2.45) is 0 Å². The number of aliphatic hydroxyl groups is 1. The van der Waals surface area contributed by atoms with Gasteiger partial charge in [-0.05, 0) is 50.2 Å². The Kier molecular flexibility index (Phi) is 4.83. The van der Waals surface area contributed by atoms with Crippen molar-refractivity contribution in [3.63, 3.8) is 0 Å². The summed E-state index contributed by atoms with van der Waals surface area (Å²) in [6.07, 6.45) is 9.36. The lowest BCUT2D eigenvalue weighted by molar-refractivity contribution is 0.154. The molecule has 25 heavy (non-hydrogen) atoms. The summed E-state index contributed by atoms with van der Waals surface area (Å²) in [5, 5.41) is 20.9. The van der Waals surface area contributed by atoms with Gasteiger partial charge in [0.25, 0.3) is 0 Å². The first kappa shape index (κ1) is 16.3. The van der Waals surface area contributed by atoms with Crippen molar-refractivity contribution in [2.45, 2.75) is 57.6 Å². The van der Waals surface area contributed by atoms with E-state index >= 15 is 0 Å². The van der Waals surface area contributed by atoms with Crippen molar-refractivity contribution >= 4 is 11.8 Å². The summed E-state index contributed by atoms with van der Waals surface area (Å²) >= 11 is 0. The molecule has 1 aliphatic heterocycles. The highest BCUT2D eigenvalue weighted by Gasteiger charge is 2.19. The number of anilines is 2. The molecule has 3 heterocycles. The summed E-state index contributed by atoms with van der Waals surface area (Å²) in [5.41, 5.74) is 3.76. The molecular formula is C18H26N6O. The molecule has 0 amide bonds. The van der Waals surface area contributed by atoms with Crippen molar-refractivity contribution in [1.82, 2.24) is 20.2 Å². The molecule has 7 heteroatoms. The normalized spacial score (nSPS) is 20.8. The summed E-state index contributed by atoms with van der Waals surface area (Å²) in [5.74, 6) is 1.49. The average Bonchev–Trinajstić information content (AvgIpc) is 2.86. The van der Waals surface area contributed by atoms with Gasteiger partial charge in [0.1, 0.15) is 5.82 Å². The van der Waals surface area contributed by atoms with Crippen LogP contribution in [0, 0.1) is 0 Å². The first-order valence-electron chi connectivity index (χ1n) is 9.34. The fourth-order valence-corrected chi connectivity index (χ4v) is 3.81. The maximum atomic E-state index is 9.86. The molecule has 0 radical (unpaired) electrons. The summed E-state index contributed by atoms with van der Waals surface area (Å²) in [4.78, 5) is 11.1. The molecule has 7 nitrogen and oxygen atoms in total. The van der Waals surface area contributed by atoms with E-state index < -0.39 is 0 Å². The molecule has 2 aromatic rings. The highest BCUT2D eigenvalue weighted by Crippen LogP contribution is 2.23. The van der Waals surface area contributed by atoms with Crippen LogP contribution in [0.15, 0.2) is 12.3 Å². The van der Waals surface area contributed by atoms with Gasteiger partial charge in [0, 0.05) is 25.0 Å². The minimum Gasteiger partial charge on any atom is -0.391 e. The standard InChI is InChI=1S/C18H26N6O/c25-13-5-4-10-24(12-13)17-8-9-19-18(21-17)20-11-16-14-6-2-1-3-7-15(14)22-23-16/h8-9,13,25H,1-7,10-12H2,(H,22,23)(H,19,20,21). The second-order valence-electron chi connectivity index (χ2n) is 7.02. The van der Waals surface area contributed by atoms with Crippen LogP contribution < -0.4 is 10.2 Å². The number of piperidine rings is 1. The summed E-state index contributed by atoms with van der Waals surface area (Å²) in [6, 6.07) is 1.91. The van der Waals surface area contributed by atoms with E-state index in [1.807, 2.05) is 6.07 Å². The monoisotopic (exact) mass is 342 g/mol. The third-order valence-electron chi connectivity index (χ3n) is 5.17. The molecule has 4 rings (SSSR count). The quantitative estimate of drug-likeness (QED) is 0.737. The van der Waals surface area contributed by atoms with Crippen LogP contribution in [0.4, 0.5) is 11.8 Å². The number of aromatic nitrogens is 4. The number of hydrogen-bond donors (Lipinski definition) is 3. The zero-order chi connectivity index (χ0) is 17.1. The summed E-state index contributed by atoms with van der Waals surface area (Å²) < 4.78 is 0. The molecule has 2 aromatic heterocycles. The van der Waals surface area contributed by atoms with Crippen LogP contribution in [0.5, 0.6) is 0 Å². The van der Waals surface area contributed by atoms with Gasteiger partial charge in [-0.2, -0.15) is 10.1 Å². The third kappa shape index (κ3) is 3.76. The van der Waals surface area contributed by atoms with E-state index in [-0.39, 0.29) is 6.10 Å². The number of nitrogens with zero attached hydrogens (tertiary/aromatic N) is 4. The molecule has 1 fully saturated rings. The molecule has 134 valence electrons. The Hall–Kier alpha value is -2.15. The van der Waals surface area contributed by atoms with Crippen LogP contribution in [-0.2, 0) is 19.4 Å². The van der Waals surface area contributed by atoms with E-state index in [9.17, 15) is 5.11 Å². The molecule has 0 saturated carbocycles. The summed E-state index contributed by atoms with van der Waals surface area (Å²) in [6.45, 7) is 2.21. The van der Waals surface area contributed by atoms with Crippen molar-refractivity contribution in [2.75, 3.05) is 23.3 Å². The number of β-amino-alcohol motifs (C(OH)–C–C–N with tert-alkyl or cyclic N) is 1. The lowest BCUT2D eigenvalue weighted by atomic mass is 10.1. The second-order valence-corrected chi connectivity index (χ2v) is 7.02. The fraction of sp³-hybridized carbons (Fsp3) is 0.611. The first-order chi connectivity index (χ1) is 12.3. The molecule has 3 N–H and O–H groups in total. The Bertz CT molecular complexity index is 715. The number of nitrogens with one attached hydrogen (secondary N) is 2. The van der Waals surface area contributed by atoms with Gasteiger partial charge in [0.05, 0.1) is 18.3 Å². The smallest absolute Gasteiger partial charge is 0.224 e. The molecular weight excluding hydrogens is 316 g/mol. The zero-order valence-corrected chi connectivity index (χ0v) is 14.5. The van der Waals surface area contributed by atoms with E-state index in [1.165, 1.54) is 30.5 Å². The maximum Gasteiger partial charge on any atom is 0.224 e. The van der Waals surface area contributed by atoms with Crippen LogP contribution in [0.25, 0.3) is 0 Å². The van der Waals surface area contributed by atoms with Crippen LogP contribution in [0.1, 0.15) is 49.1 Å². The molecule has 0 spiro atoms. The molecule has 1 aliphatic carbocycles. The van der Waals surface area contributed by atoms with E-state index in [1.54, 1.807) is 6.20 Å². The number of aromatic amines is 1. The molecule has 0 bridgehead atoms. The largest absolute Gasteiger partial charge is 0.391 e. The van der Waals surface area contributed by atoms with Crippen molar-refractivity contribution in [3.8, 4) is 0 Å². The van der Waals surface area contributed by atoms with E-state index in [4.69, 9.17) is 0 Å². The van der Waals surface area contributed by atoms with Crippen molar-refractivity contribution in [1.29, 1.82) is 0 Å². The topological polar surface area (TPSA) is 90.0 Å². The summed E-state index contributed by atoms with van der Waals surface area (Å²) in [7, 11) is 0. The Morgan fingerprint density at radius 2 is 2.16 bits per heavy atom. The lowest BCUT2D eigenvalue weighted by Gasteiger charge is -2.31. The van der Waals surface area contributed by atoms with Crippen LogP contribution in [0.2, 0.25) is 0 Å². The Balaban J connectivity index is 1.43. The predicted molar refractivity (Wildman–Crippen MR) is 96.7 cm³/mol. The van der Waals surface area contributed by atoms with E-state index in [0.29, 0.717) is 19.0 Å². The Morgan fingerprint density at radius 1 is 1.24 bits per heavy atom. The Morgan fingerprint density at radius 3 is 3.08 bits per heavy atom. The van der Waals surface area contributed by atoms with Gasteiger partial charge in [-0.3, -0.25) is 5.10 Å². The predicted octanol–water partition coefficient (Wildman–Crippen LogP) is 2.04. The Labute approximate surface area is 147 Å². The number of H-pyrrole nitrogens is 1. The average molecular weight is 342 g/mol.